The third-order valence-corrected chi connectivity index (χ3v) is 1.81. The average molecular weight is 220 g/mol. The molecular formula is C10H11F3O2. The highest BCUT2D eigenvalue weighted by Crippen LogP contribution is 2.35. The largest absolute Gasteiger partial charge is 0.573 e. The van der Waals surface area contributed by atoms with Gasteiger partial charge in [0.1, 0.15) is 0 Å². The molecule has 15 heavy (non-hydrogen) atoms. The van der Waals surface area contributed by atoms with Crippen molar-refractivity contribution in [2.75, 3.05) is 7.11 Å². The fraction of sp³-hybridized carbons (Fsp3) is 0.400. The molecule has 0 aliphatic rings. The van der Waals surface area contributed by atoms with E-state index in [1.165, 1.54) is 13.2 Å². The molecule has 0 unspecified atom stereocenters. The first kappa shape index (κ1) is 11.7. The summed E-state index contributed by atoms with van der Waals surface area (Å²) in [5, 5.41) is 0. The van der Waals surface area contributed by atoms with Crippen molar-refractivity contribution in [3.05, 3.63) is 23.3 Å². The van der Waals surface area contributed by atoms with Gasteiger partial charge in [0, 0.05) is 0 Å². The Bertz CT molecular complexity index is 358. The van der Waals surface area contributed by atoms with E-state index in [4.69, 9.17) is 4.74 Å². The molecule has 0 heterocycles. The molecule has 0 aliphatic heterocycles. The fourth-order valence-electron chi connectivity index (χ4n) is 1.38. The molecule has 1 aromatic carbocycles. The van der Waals surface area contributed by atoms with E-state index in [2.05, 4.69) is 4.74 Å². The molecule has 1 rings (SSSR count). The lowest BCUT2D eigenvalue weighted by Gasteiger charge is -2.14. The molecular weight excluding hydrogens is 209 g/mol. The van der Waals surface area contributed by atoms with Gasteiger partial charge in [0.2, 0.25) is 0 Å². The minimum absolute atomic E-state index is 0.109. The normalized spacial score (nSPS) is 11.3. The number of ether oxygens (including phenoxy) is 2. The van der Waals surface area contributed by atoms with E-state index in [-0.39, 0.29) is 11.5 Å². The predicted octanol–water partition coefficient (Wildman–Crippen LogP) is 3.21. The summed E-state index contributed by atoms with van der Waals surface area (Å²) in [5.41, 5.74) is 1.30. The van der Waals surface area contributed by atoms with E-state index in [0.29, 0.717) is 11.1 Å². The van der Waals surface area contributed by atoms with Crippen molar-refractivity contribution in [2.45, 2.75) is 20.2 Å². The van der Waals surface area contributed by atoms with Crippen LogP contribution in [0.25, 0.3) is 0 Å². The van der Waals surface area contributed by atoms with Crippen LogP contribution >= 0.6 is 0 Å². The second-order valence-electron chi connectivity index (χ2n) is 3.16. The molecule has 0 amide bonds. The number of hydrogen-bond donors (Lipinski definition) is 0. The second kappa shape index (κ2) is 4.00. The molecule has 0 bridgehead atoms. The number of rotatable bonds is 2. The molecule has 0 spiro atoms. The number of hydrogen-bond acceptors (Lipinski definition) is 2. The average Bonchev–Trinajstić information content (AvgIpc) is 1.99. The minimum atomic E-state index is -4.70. The highest BCUT2D eigenvalue weighted by atomic mass is 19.4. The Morgan fingerprint density at radius 3 is 2.20 bits per heavy atom. The third-order valence-electron chi connectivity index (χ3n) is 1.81. The lowest BCUT2D eigenvalue weighted by molar-refractivity contribution is -0.275. The van der Waals surface area contributed by atoms with Gasteiger partial charge in [-0.3, -0.25) is 0 Å². The molecule has 5 heteroatoms. The minimum Gasteiger partial charge on any atom is -0.493 e. The van der Waals surface area contributed by atoms with E-state index in [1.807, 2.05) is 0 Å². The molecule has 0 saturated heterocycles. The highest BCUT2D eigenvalue weighted by molar-refractivity contribution is 5.48. The van der Waals surface area contributed by atoms with Crippen molar-refractivity contribution in [2.24, 2.45) is 0 Å². The van der Waals surface area contributed by atoms with Crippen LogP contribution in [0.3, 0.4) is 0 Å². The van der Waals surface area contributed by atoms with Gasteiger partial charge in [0.15, 0.2) is 11.5 Å². The van der Waals surface area contributed by atoms with Crippen LogP contribution in [0.15, 0.2) is 12.1 Å². The maximum absolute atomic E-state index is 12.0. The van der Waals surface area contributed by atoms with Gasteiger partial charge in [0.25, 0.3) is 0 Å². The summed E-state index contributed by atoms with van der Waals surface area (Å²) >= 11 is 0. The van der Waals surface area contributed by atoms with Gasteiger partial charge in [-0.15, -0.1) is 13.2 Å². The van der Waals surface area contributed by atoms with Crippen LogP contribution in [0.4, 0.5) is 13.2 Å². The van der Waals surface area contributed by atoms with Crippen LogP contribution in [-0.2, 0) is 0 Å². The molecule has 1 aromatic rings. The molecule has 0 atom stereocenters. The molecule has 0 N–H and O–H groups in total. The Morgan fingerprint density at radius 1 is 1.13 bits per heavy atom. The molecule has 0 radical (unpaired) electrons. The predicted molar refractivity (Wildman–Crippen MR) is 49.2 cm³/mol. The van der Waals surface area contributed by atoms with Crippen molar-refractivity contribution < 1.29 is 22.6 Å². The highest BCUT2D eigenvalue weighted by Gasteiger charge is 2.32. The summed E-state index contributed by atoms with van der Waals surface area (Å²) in [7, 11) is 1.31. The lowest BCUT2D eigenvalue weighted by Crippen LogP contribution is -2.18. The zero-order valence-corrected chi connectivity index (χ0v) is 8.61. The van der Waals surface area contributed by atoms with E-state index in [1.54, 1.807) is 19.9 Å². The zero-order chi connectivity index (χ0) is 11.6. The third kappa shape index (κ3) is 3.04. The maximum Gasteiger partial charge on any atom is 0.573 e. The van der Waals surface area contributed by atoms with Gasteiger partial charge in [0.05, 0.1) is 7.11 Å². The Morgan fingerprint density at radius 2 is 1.73 bits per heavy atom. The zero-order valence-electron chi connectivity index (χ0n) is 8.61. The van der Waals surface area contributed by atoms with E-state index < -0.39 is 6.36 Å². The summed E-state index contributed by atoms with van der Waals surface area (Å²) in [4.78, 5) is 0. The fourth-order valence-corrected chi connectivity index (χ4v) is 1.38. The first-order valence-electron chi connectivity index (χ1n) is 4.24. The van der Waals surface area contributed by atoms with Gasteiger partial charge in [-0.2, -0.15) is 0 Å². The number of methoxy groups -OCH3 is 1. The lowest BCUT2D eigenvalue weighted by atomic mass is 10.1. The van der Waals surface area contributed by atoms with Gasteiger partial charge in [-0.1, -0.05) is 6.07 Å². The maximum atomic E-state index is 12.0. The molecule has 84 valence electrons. The summed E-state index contributed by atoms with van der Waals surface area (Å²) in [5.74, 6) is -0.194. The monoisotopic (exact) mass is 220 g/mol. The second-order valence-corrected chi connectivity index (χ2v) is 3.16. The Hall–Kier alpha value is -1.39. The number of halogens is 3. The van der Waals surface area contributed by atoms with Crippen molar-refractivity contribution in [1.82, 2.24) is 0 Å². The number of aryl methyl sites for hydroxylation is 2. The first-order valence-corrected chi connectivity index (χ1v) is 4.24. The summed E-state index contributed by atoms with van der Waals surface area (Å²) < 4.78 is 44.8. The van der Waals surface area contributed by atoms with Crippen molar-refractivity contribution in [3.63, 3.8) is 0 Å². The number of alkyl halides is 3. The molecule has 0 fully saturated rings. The standard InChI is InChI=1S/C10H11F3O2/c1-6-4-7(2)9(14-3)8(5-6)15-10(11,12)13/h4-5H,1-3H3. The van der Waals surface area contributed by atoms with Crippen LogP contribution in [0.5, 0.6) is 11.5 Å². The van der Waals surface area contributed by atoms with Crippen LogP contribution in [0, 0.1) is 13.8 Å². The molecule has 2 nitrogen and oxygen atoms in total. The molecule has 0 aromatic heterocycles. The van der Waals surface area contributed by atoms with E-state index >= 15 is 0 Å². The van der Waals surface area contributed by atoms with Crippen molar-refractivity contribution >= 4 is 0 Å². The van der Waals surface area contributed by atoms with Crippen LogP contribution in [0.1, 0.15) is 11.1 Å². The van der Waals surface area contributed by atoms with Gasteiger partial charge in [-0.25, -0.2) is 0 Å². The van der Waals surface area contributed by atoms with Crippen molar-refractivity contribution in [3.8, 4) is 11.5 Å². The Labute approximate surface area is 85.6 Å². The first-order chi connectivity index (χ1) is 6.83. The molecule has 0 aliphatic carbocycles. The Balaban J connectivity index is 3.15. The summed E-state index contributed by atoms with van der Waals surface area (Å²) in [6, 6.07) is 3.02. The van der Waals surface area contributed by atoms with Gasteiger partial charge >= 0.3 is 6.36 Å². The topological polar surface area (TPSA) is 18.5 Å². The molecule has 0 saturated carbocycles. The summed E-state index contributed by atoms with van der Waals surface area (Å²) in [6.07, 6.45) is -4.70. The quantitative estimate of drug-likeness (QED) is 0.761. The SMILES string of the molecule is COc1c(C)cc(C)cc1OC(F)(F)F. The van der Waals surface area contributed by atoms with Gasteiger partial charge < -0.3 is 9.47 Å². The summed E-state index contributed by atoms with van der Waals surface area (Å²) in [6.45, 7) is 3.35. The smallest absolute Gasteiger partial charge is 0.493 e. The van der Waals surface area contributed by atoms with E-state index in [0.717, 1.165) is 0 Å². The van der Waals surface area contributed by atoms with Crippen LogP contribution < -0.4 is 9.47 Å². The number of benzene rings is 1. The van der Waals surface area contributed by atoms with Crippen LogP contribution in [0.2, 0.25) is 0 Å². The Kier molecular flexibility index (Phi) is 3.12. The van der Waals surface area contributed by atoms with E-state index in [9.17, 15) is 13.2 Å². The van der Waals surface area contributed by atoms with Gasteiger partial charge in [-0.05, 0) is 31.0 Å². The van der Waals surface area contributed by atoms with Crippen LogP contribution in [-0.4, -0.2) is 13.5 Å². The van der Waals surface area contributed by atoms with Crippen molar-refractivity contribution in [1.29, 1.82) is 0 Å².